The zero-order valence-electron chi connectivity index (χ0n) is 14.1. The molecule has 0 aromatic heterocycles. The van der Waals surface area contributed by atoms with Gasteiger partial charge in [0.2, 0.25) is 5.91 Å². The lowest BCUT2D eigenvalue weighted by Crippen LogP contribution is -2.50. The van der Waals surface area contributed by atoms with Crippen molar-refractivity contribution in [2.24, 2.45) is 5.73 Å². The van der Waals surface area contributed by atoms with E-state index in [4.69, 9.17) is 15.2 Å². The molecule has 25 heavy (non-hydrogen) atoms. The van der Waals surface area contributed by atoms with E-state index in [1.807, 2.05) is 4.90 Å². The SMILES string of the molecule is CC(O)c1cc(OCCC(C(N)=O)N2CCOCC2)ccc1[N+](=O)[O-]. The molecular formula is C16H23N3O6. The molecule has 1 aliphatic rings. The van der Waals surface area contributed by atoms with Crippen molar-refractivity contribution in [1.29, 1.82) is 0 Å². The molecule has 0 bridgehead atoms. The van der Waals surface area contributed by atoms with E-state index in [0.29, 0.717) is 38.5 Å². The van der Waals surface area contributed by atoms with Gasteiger partial charge in [0, 0.05) is 25.6 Å². The number of nitro benzene ring substituents is 1. The predicted molar refractivity (Wildman–Crippen MR) is 89.2 cm³/mol. The lowest BCUT2D eigenvalue weighted by Gasteiger charge is -2.32. The van der Waals surface area contributed by atoms with E-state index in [1.165, 1.54) is 25.1 Å². The summed E-state index contributed by atoms with van der Waals surface area (Å²) in [6, 6.07) is 3.76. The fraction of sp³-hybridized carbons (Fsp3) is 0.562. The number of aliphatic hydroxyl groups excluding tert-OH is 1. The summed E-state index contributed by atoms with van der Waals surface area (Å²) in [5, 5.41) is 20.7. The third-order valence-electron chi connectivity index (χ3n) is 4.12. The first-order chi connectivity index (χ1) is 11.9. The Morgan fingerprint density at radius 3 is 2.72 bits per heavy atom. The van der Waals surface area contributed by atoms with Crippen LogP contribution in [0.15, 0.2) is 18.2 Å². The second-order valence-electron chi connectivity index (χ2n) is 5.86. The van der Waals surface area contributed by atoms with E-state index in [0.717, 1.165) is 0 Å². The molecule has 9 heteroatoms. The number of nitrogens with zero attached hydrogens (tertiary/aromatic N) is 2. The zero-order valence-corrected chi connectivity index (χ0v) is 14.1. The average Bonchev–Trinajstić information content (AvgIpc) is 2.58. The second kappa shape index (κ2) is 8.75. The van der Waals surface area contributed by atoms with Crippen LogP contribution in [0.4, 0.5) is 5.69 Å². The van der Waals surface area contributed by atoms with Gasteiger partial charge in [-0.3, -0.25) is 19.8 Å². The van der Waals surface area contributed by atoms with Crippen LogP contribution in [0.25, 0.3) is 0 Å². The van der Waals surface area contributed by atoms with Crippen LogP contribution in [0.2, 0.25) is 0 Å². The number of nitro groups is 1. The maximum Gasteiger partial charge on any atom is 0.275 e. The molecule has 2 unspecified atom stereocenters. The van der Waals surface area contributed by atoms with E-state index in [-0.39, 0.29) is 17.9 Å². The highest BCUT2D eigenvalue weighted by Crippen LogP contribution is 2.29. The minimum Gasteiger partial charge on any atom is -0.494 e. The maximum atomic E-state index is 11.7. The third kappa shape index (κ3) is 5.12. The van der Waals surface area contributed by atoms with Crippen molar-refractivity contribution in [3.05, 3.63) is 33.9 Å². The first-order valence-electron chi connectivity index (χ1n) is 8.10. The lowest BCUT2D eigenvalue weighted by molar-refractivity contribution is -0.386. The number of morpholine rings is 1. The Kier molecular flexibility index (Phi) is 6.68. The van der Waals surface area contributed by atoms with Gasteiger partial charge in [0.15, 0.2) is 0 Å². The Bertz CT molecular complexity index is 616. The van der Waals surface area contributed by atoms with Crippen molar-refractivity contribution in [2.45, 2.75) is 25.5 Å². The monoisotopic (exact) mass is 353 g/mol. The molecule has 3 N–H and O–H groups in total. The van der Waals surface area contributed by atoms with E-state index in [1.54, 1.807) is 0 Å². The number of hydrogen-bond acceptors (Lipinski definition) is 7. The number of nitrogens with two attached hydrogens (primary N) is 1. The largest absolute Gasteiger partial charge is 0.494 e. The Morgan fingerprint density at radius 1 is 1.48 bits per heavy atom. The fourth-order valence-corrected chi connectivity index (χ4v) is 2.81. The Balaban J connectivity index is 1.98. The summed E-state index contributed by atoms with van der Waals surface area (Å²) in [6.45, 7) is 4.07. The van der Waals surface area contributed by atoms with Gasteiger partial charge in [-0.15, -0.1) is 0 Å². The quantitative estimate of drug-likeness (QED) is 0.517. The van der Waals surface area contributed by atoms with Gasteiger partial charge in [-0.1, -0.05) is 0 Å². The van der Waals surface area contributed by atoms with Crippen molar-refractivity contribution in [2.75, 3.05) is 32.9 Å². The van der Waals surface area contributed by atoms with Crippen LogP contribution < -0.4 is 10.5 Å². The van der Waals surface area contributed by atoms with Crippen LogP contribution >= 0.6 is 0 Å². The molecule has 1 aromatic carbocycles. The highest BCUT2D eigenvalue weighted by molar-refractivity contribution is 5.79. The number of carbonyl (C=O) groups excluding carboxylic acids is 1. The van der Waals surface area contributed by atoms with E-state index < -0.39 is 23.0 Å². The summed E-state index contributed by atoms with van der Waals surface area (Å²) < 4.78 is 10.9. The van der Waals surface area contributed by atoms with Gasteiger partial charge in [-0.05, 0) is 19.1 Å². The molecule has 1 heterocycles. The van der Waals surface area contributed by atoms with Crippen LogP contribution in [0, 0.1) is 10.1 Å². The van der Waals surface area contributed by atoms with Crippen LogP contribution in [-0.4, -0.2) is 59.8 Å². The molecular weight excluding hydrogens is 330 g/mol. The number of aliphatic hydroxyl groups is 1. The Hall–Kier alpha value is -2.23. The van der Waals surface area contributed by atoms with Crippen LogP contribution in [0.5, 0.6) is 5.75 Å². The molecule has 0 saturated carbocycles. The molecule has 1 saturated heterocycles. The zero-order chi connectivity index (χ0) is 18.4. The molecule has 138 valence electrons. The van der Waals surface area contributed by atoms with E-state index >= 15 is 0 Å². The fourth-order valence-electron chi connectivity index (χ4n) is 2.81. The molecule has 1 amide bonds. The summed E-state index contributed by atoms with van der Waals surface area (Å²) in [4.78, 5) is 24.1. The van der Waals surface area contributed by atoms with Crippen LogP contribution in [0.1, 0.15) is 25.0 Å². The number of carbonyl (C=O) groups is 1. The van der Waals surface area contributed by atoms with Gasteiger partial charge < -0.3 is 20.3 Å². The highest BCUT2D eigenvalue weighted by atomic mass is 16.6. The summed E-state index contributed by atoms with van der Waals surface area (Å²) in [7, 11) is 0. The molecule has 0 spiro atoms. The normalized spacial score (nSPS) is 17.7. The number of ether oxygens (including phenoxy) is 2. The molecule has 1 aliphatic heterocycles. The molecule has 2 atom stereocenters. The number of amides is 1. The predicted octanol–water partition coefficient (Wildman–Crippen LogP) is 0.603. The summed E-state index contributed by atoms with van der Waals surface area (Å²) >= 11 is 0. The third-order valence-corrected chi connectivity index (χ3v) is 4.12. The molecule has 1 aromatic rings. The van der Waals surface area contributed by atoms with Gasteiger partial charge in [-0.25, -0.2) is 0 Å². The number of rotatable bonds is 8. The summed E-state index contributed by atoms with van der Waals surface area (Å²) in [5.74, 6) is -0.0226. The lowest BCUT2D eigenvalue weighted by atomic mass is 10.1. The van der Waals surface area contributed by atoms with Crippen molar-refractivity contribution in [1.82, 2.24) is 4.90 Å². The number of hydrogen-bond donors (Lipinski definition) is 2. The van der Waals surface area contributed by atoms with Crippen LogP contribution in [0.3, 0.4) is 0 Å². The van der Waals surface area contributed by atoms with Crippen molar-refractivity contribution in [3.63, 3.8) is 0 Å². The van der Waals surface area contributed by atoms with Crippen molar-refractivity contribution < 1.29 is 24.3 Å². The second-order valence-corrected chi connectivity index (χ2v) is 5.86. The number of benzene rings is 1. The Labute approximate surface area is 145 Å². The van der Waals surface area contributed by atoms with Crippen molar-refractivity contribution >= 4 is 11.6 Å². The molecule has 9 nitrogen and oxygen atoms in total. The number of primary amides is 1. The highest BCUT2D eigenvalue weighted by Gasteiger charge is 2.25. The molecule has 0 aliphatic carbocycles. The molecule has 0 radical (unpaired) electrons. The minimum absolute atomic E-state index is 0.161. The van der Waals surface area contributed by atoms with Crippen LogP contribution in [-0.2, 0) is 9.53 Å². The smallest absolute Gasteiger partial charge is 0.275 e. The standard InChI is InChI=1S/C16H23N3O6/c1-11(20)13-10-12(2-3-14(13)19(22)23)25-7-4-15(16(17)21)18-5-8-24-9-6-18/h2-3,10-11,15,20H,4-9H2,1H3,(H2,17,21). The van der Waals surface area contributed by atoms with Gasteiger partial charge >= 0.3 is 0 Å². The van der Waals surface area contributed by atoms with Gasteiger partial charge in [0.1, 0.15) is 5.75 Å². The van der Waals surface area contributed by atoms with Crippen molar-refractivity contribution in [3.8, 4) is 5.75 Å². The van der Waals surface area contributed by atoms with Gasteiger partial charge in [0.25, 0.3) is 5.69 Å². The Morgan fingerprint density at radius 2 is 2.16 bits per heavy atom. The molecule has 2 rings (SSSR count). The van der Waals surface area contributed by atoms with E-state index in [2.05, 4.69) is 0 Å². The van der Waals surface area contributed by atoms with Gasteiger partial charge in [0.05, 0.1) is 42.5 Å². The summed E-state index contributed by atoms with van der Waals surface area (Å²) in [5.41, 5.74) is 5.50. The first-order valence-corrected chi connectivity index (χ1v) is 8.10. The van der Waals surface area contributed by atoms with E-state index in [9.17, 15) is 20.0 Å². The molecule has 1 fully saturated rings. The topological polar surface area (TPSA) is 128 Å². The average molecular weight is 353 g/mol. The maximum absolute atomic E-state index is 11.7. The summed E-state index contributed by atoms with van der Waals surface area (Å²) in [6.07, 6.45) is -0.591. The first kappa shape index (κ1) is 19.1. The van der Waals surface area contributed by atoms with Gasteiger partial charge in [-0.2, -0.15) is 0 Å². The minimum atomic E-state index is -0.990.